The van der Waals surface area contributed by atoms with E-state index in [2.05, 4.69) is 20.6 Å². The normalized spacial score (nSPS) is 11.7. The van der Waals surface area contributed by atoms with Crippen molar-refractivity contribution in [3.63, 3.8) is 0 Å². The van der Waals surface area contributed by atoms with Crippen molar-refractivity contribution in [1.29, 1.82) is 0 Å². The van der Waals surface area contributed by atoms with E-state index in [0.29, 0.717) is 11.5 Å². The van der Waals surface area contributed by atoms with Gasteiger partial charge in [0.05, 0.1) is 6.20 Å². The number of nitrogens with zero attached hydrogens (tertiary/aromatic N) is 2. The lowest BCUT2D eigenvalue weighted by Crippen LogP contribution is -2.20. The predicted octanol–water partition coefficient (Wildman–Crippen LogP) is 2.14. The number of aromatic nitrogens is 2. The molecule has 0 fully saturated rings. The van der Waals surface area contributed by atoms with Gasteiger partial charge in [-0.3, -0.25) is 10.3 Å². The second-order valence-corrected chi connectivity index (χ2v) is 4.08. The molecule has 4 N–H and O–H groups in total. The quantitative estimate of drug-likeness (QED) is 0.785. The maximum absolute atomic E-state index is 11.7. The highest BCUT2D eigenvalue weighted by Gasteiger charge is 2.04. The van der Waals surface area contributed by atoms with Crippen LogP contribution < -0.4 is 16.4 Å². The predicted molar refractivity (Wildman–Crippen MR) is 73.7 cm³/mol. The number of nitrogens with one attached hydrogen (secondary N) is 2. The fourth-order valence-corrected chi connectivity index (χ4v) is 1.51. The molecule has 0 saturated carbocycles. The van der Waals surface area contributed by atoms with Crippen molar-refractivity contribution in [2.24, 2.45) is 5.73 Å². The lowest BCUT2D eigenvalue weighted by Gasteiger charge is -2.09. The van der Waals surface area contributed by atoms with Crippen molar-refractivity contribution in [1.82, 2.24) is 9.97 Å². The van der Waals surface area contributed by atoms with Gasteiger partial charge in [-0.25, -0.2) is 9.78 Å². The molecule has 19 heavy (non-hydrogen) atoms. The van der Waals surface area contributed by atoms with E-state index in [-0.39, 0.29) is 12.1 Å². The fraction of sp³-hybridized carbons (Fsp3) is 0.154. The van der Waals surface area contributed by atoms with E-state index >= 15 is 0 Å². The number of hydrogen-bond acceptors (Lipinski definition) is 4. The molecule has 6 heteroatoms. The lowest BCUT2D eigenvalue weighted by atomic mass is 10.1. The minimum Gasteiger partial charge on any atom is -0.324 e. The first kappa shape index (κ1) is 13.0. The number of urea groups is 1. The standard InChI is InChI=1S/C13H15N5O/c1-9(14)10-2-4-11(5-3-10)17-13(19)18-12-8-15-6-7-16-12/h2-9H,14H2,1H3,(H2,16,17,18,19). The van der Waals surface area contributed by atoms with Crippen LogP contribution >= 0.6 is 0 Å². The Morgan fingerprint density at radius 3 is 2.53 bits per heavy atom. The van der Waals surface area contributed by atoms with Crippen molar-refractivity contribution >= 4 is 17.5 Å². The van der Waals surface area contributed by atoms with E-state index in [1.54, 1.807) is 12.1 Å². The summed E-state index contributed by atoms with van der Waals surface area (Å²) in [5.41, 5.74) is 7.45. The van der Waals surface area contributed by atoms with E-state index in [1.807, 2.05) is 19.1 Å². The van der Waals surface area contributed by atoms with Gasteiger partial charge >= 0.3 is 6.03 Å². The molecule has 2 rings (SSSR count). The molecular weight excluding hydrogens is 242 g/mol. The van der Waals surface area contributed by atoms with Gasteiger partial charge in [0, 0.05) is 24.1 Å². The van der Waals surface area contributed by atoms with Crippen LogP contribution in [-0.4, -0.2) is 16.0 Å². The molecule has 1 aromatic heterocycles. The number of carbonyl (C=O) groups excluding carboxylic acids is 1. The molecule has 6 nitrogen and oxygen atoms in total. The summed E-state index contributed by atoms with van der Waals surface area (Å²) in [6.07, 6.45) is 4.52. The number of anilines is 2. The molecule has 0 aliphatic heterocycles. The van der Waals surface area contributed by atoms with E-state index in [1.165, 1.54) is 18.6 Å². The summed E-state index contributed by atoms with van der Waals surface area (Å²) >= 11 is 0. The highest BCUT2D eigenvalue weighted by Crippen LogP contribution is 2.14. The SMILES string of the molecule is CC(N)c1ccc(NC(=O)Nc2cnccn2)cc1. The second kappa shape index (κ2) is 5.92. The molecule has 0 saturated heterocycles. The molecule has 1 atom stereocenters. The Hall–Kier alpha value is -2.47. The summed E-state index contributed by atoms with van der Waals surface area (Å²) in [6, 6.07) is 6.96. The van der Waals surface area contributed by atoms with Crippen molar-refractivity contribution in [3.05, 3.63) is 48.4 Å². The zero-order chi connectivity index (χ0) is 13.7. The van der Waals surface area contributed by atoms with Crippen LogP contribution in [0.25, 0.3) is 0 Å². The molecule has 2 aromatic rings. The number of rotatable bonds is 3. The monoisotopic (exact) mass is 257 g/mol. The molecule has 1 aromatic carbocycles. The summed E-state index contributed by atoms with van der Waals surface area (Å²) in [6.45, 7) is 1.91. The summed E-state index contributed by atoms with van der Waals surface area (Å²) < 4.78 is 0. The molecule has 0 spiro atoms. The second-order valence-electron chi connectivity index (χ2n) is 4.08. The smallest absolute Gasteiger partial charge is 0.324 e. The number of hydrogen-bond donors (Lipinski definition) is 3. The fourth-order valence-electron chi connectivity index (χ4n) is 1.51. The zero-order valence-electron chi connectivity index (χ0n) is 10.5. The topological polar surface area (TPSA) is 92.9 Å². The van der Waals surface area contributed by atoms with Crippen LogP contribution in [0.1, 0.15) is 18.5 Å². The van der Waals surface area contributed by atoms with Gasteiger partial charge in [-0.2, -0.15) is 0 Å². The molecule has 0 bridgehead atoms. The van der Waals surface area contributed by atoms with Crippen LogP contribution in [0.3, 0.4) is 0 Å². The first-order valence-corrected chi connectivity index (χ1v) is 5.85. The van der Waals surface area contributed by atoms with Gasteiger partial charge in [0.2, 0.25) is 0 Å². The van der Waals surface area contributed by atoms with E-state index < -0.39 is 0 Å². The molecule has 0 aliphatic rings. The third-order valence-corrected chi connectivity index (χ3v) is 2.50. The Morgan fingerprint density at radius 2 is 1.95 bits per heavy atom. The molecule has 0 radical (unpaired) electrons. The van der Waals surface area contributed by atoms with Crippen LogP contribution in [0, 0.1) is 0 Å². The number of amides is 2. The van der Waals surface area contributed by atoms with Crippen LogP contribution in [0.5, 0.6) is 0 Å². The Kier molecular flexibility index (Phi) is 4.04. The van der Waals surface area contributed by atoms with Crippen LogP contribution in [0.15, 0.2) is 42.9 Å². The molecule has 1 heterocycles. The summed E-state index contributed by atoms with van der Waals surface area (Å²) in [5.74, 6) is 0.396. The van der Waals surface area contributed by atoms with Gasteiger partial charge in [0.25, 0.3) is 0 Å². The van der Waals surface area contributed by atoms with Crippen molar-refractivity contribution in [2.45, 2.75) is 13.0 Å². The van der Waals surface area contributed by atoms with Gasteiger partial charge < -0.3 is 11.1 Å². The average molecular weight is 257 g/mol. The molecule has 2 amide bonds. The highest BCUT2D eigenvalue weighted by molar-refractivity contribution is 5.98. The number of carbonyl (C=O) groups is 1. The third-order valence-electron chi connectivity index (χ3n) is 2.50. The Bertz CT molecular complexity index is 539. The van der Waals surface area contributed by atoms with E-state index in [9.17, 15) is 4.79 Å². The minimum atomic E-state index is -0.367. The van der Waals surface area contributed by atoms with Gasteiger partial charge in [-0.15, -0.1) is 0 Å². The largest absolute Gasteiger partial charge is 0.324 e. The van der Waals surface area contributed by atoms with Crippen LogP contribution in [-0.2, 0) is 0 Å². The summed E-state index contributed by atoms with van der Waals surface area (Å²) in [5, 5.41) is 5.28. The highest BCUT2D eigenvalue weighted by atomic mass is 16.2. The summed E-state index contributed by atoms with van der Waals surface area (Å²) in [7, 11) is 0. The van der Waals surface area contributed by atoms with Crippen molar-refractivity contribution in [3.8, 4) is 0 Å². The van der Waals surface area contributed by atoms with Crippen LogP contribution in [0.2, 0.25) is 0 Å². The van der Waals surface area contributed by atoms with Crippen LogP contribution in [0.4, 0.5) is 16.3 Å². The Morgan fingerprint density at radius 1 is 1.21 bits per heavy atom. The molecule has 1 unspecified atom stereocenters. The van der Waals surface area contributed by atoms with E-state index in [4.69, 9.17) is 5.73 Å². The maximum atomic E-state index is 11.7. The summed E-state index contributed by atoms with van der Waals surface area (Å²) in [4.78, 5) is 19.5. The van der Waals surface area contributed by atoms with Gasteiger partial charge in [-0.1, -0.05) is 12.1 Å². The molecular formula is C13H15N5O. The van der Waals surface area contributed by atoms with Crippen molar-refractivity contribution < 1.29 is 4.79 Å². The first-order valence-electron chi connectivity index (χ1n) is 5.85. The zero-order valence-corrected chi connectivity index (χ0v) is 10.5. The number of nitrogens with two attached hydrogens (primary N) is 1. The van der Waals surface area contributed by atoms with Crippen molar-refractivity contribution in [2.75, 3.05) is 10.6 Å². The van der Waals surface area contributed by atoms with Gasteiger partial charge in [0.1, 0.15) is 0 Å². The van der Waals surface area contributed by atoms with Gasteiger partial charge in [-0.05, 0) is 24.6 Å². The Labute approximate surface area is 111 Å². The van der Waals surface area contributed by atoms with Gasteiger partial charge in [0.15, 0.2) is 5.82 Å². The first-order chi connectivity index (χ1) is 9.15. The van der Waals surface area contributed by atoms with E-state index in [0.717, 1.165) is 5.56 Å². The minimum absolute atomic E-state index is 0.0255. The average Bonchev–Trinajstić information content (AvgIpc) is 2.40. The maximum Gasteiger partial charge on any atom is 0.324 e. The molecule has 0 aliphatic carbocycles. The Balaban J connectivity index is 1.95. The number of benzene rings is 1. The molecule has 98 valence electrons. The lowest BCUT2D eigenvalue weighted by molar-refractivity contribution is 0.262. The third kappa shape index (κ3) is 3.75.